The zero-order valence-electron chi connectivity index (χ0n) is 15.3. The smallest absolute Gasteiger partial charge is 0.130 e. The molecule has 4 rings (SSSR count). The molecule has 4 nitrogen and oxygen atoms in total. The molecule has 140 valence electrons. The lowest BCUT2D eigenvalue weighted by atomic mass is 10.0. The first-order chi connectivity index (χ1) is 13.6. The number of halogens is 1. The molecule has 0 radical (unpaired) electrons. The van der Waals surface area contributed by atoms with Crippen molar-refractivity contribution in [3.05, 3.63) is 96.7 Å². The molecule has 5 heteroatoms. The molecule has 0 fully saturated rings. The minimum atomic E-state index is -0.260. The van der Waals surface area contributed by atoms with Gasteiger partial charge in [-0.25, -0.2) is 9.37 Å². The zero-order chi connectivity index (χ0) is 19.5. The summed E-state index contributed by atoms with van der Waals surface area (Å²) in [5.41, 5.74) is 10.8. The molecule has 1 atom stereocenters. The minimum absolute atomic E-state index is 0.215. The lowest BCUT2D eigenvalue weighted by Gasteiger charge is -2.16. The highest BCUT2D eigenvalue weighted by atomic mass is 19.1. The van der Waals surface area contributed by atoms with Crippen LogP contribution in [0.4, 0.5) is 10.2 Å². The molecule has 0 amide bonds. The van der Waals surface area contributed by atoms with Crippen molar-refractivity contribution in [3.63, 3.8) is 0 Å². The van der Waals surface area contributed by atoms with E-state index in [0.29, 0.717) is 17.9 Å². The van der Waals surface area contributed by atoms with Gasteiger partial charge in [-0.05, 0) is 42.3 Å². The molecule has 0 bridgehead atoms. The quantitative estimate of drug-likeness (QED) is 0.453. The summed E-state index contributed by atoms with van der Waals surface area (Å²) in [5.74, 6) is 0.423. The van der Waals surface area contributed by atoms with Gasteiger partial charge in [0.15, 0.2) is 0 Å². The second-order valence-corrected chi connectivity index (χ2v) is 6.77. The van der Waals surface area contributed by atoms with Crippen LogP contribution in [0.15, 0.2) is 85.3 Å². The van der Waals surface area contributed by atoms with Crippen molar-refractivity contribution in [2.24, 2.45) is 5.73 Å². The van der Waals surface area contributed by atoms with Gasteiger partial charge >= 0.3 is 0 Å². The van der Waals surface area contributed by atoms with Gasteiger partial charge in [-0.15, -0.1) is 0 Å². The fourth-order valence-electron chi connectivity index (χ4n) is 3.21. The molecule has 0 saturated carbocycles. The monoisotopic (exact) mass is 372 g/mol. The summed E-state index contributed by atoms with van der Waals surface area (Å²) in [6.07, 6.45) is 4.35. The van der Waals surface area contributed by atoms with Gasteiger partial charge in [0, 0.05) is 46.2 Å². The Morgan fingerprint density at radius 3 is 2.71 bits per heavy atom. The summed E-state index contributed by atoms with van der Waals surface area (Å²) in [6.45, 7) is 4.05. The van der Waals surface area contributed by atoms with Gasteiger partial charge in [0.2, 0.25) is 0 Å². The van der Waals surface area contributed by atoms with Gasteiger partial charge in [0.05, 0.1) is 0 Å². The van der Waals surface area contributed by atoms with Crippen LogP contribution in [-0.2, 0) is 6.42 Å². The van der Waals surface area contributed by atoms with E-state index in [4.69, 9.17) is 5.73 Å². The molecule has 2 heterocycles. The van der Waals surface area contributed by atoms with Crippen molar-refractivity contribution < 1.29 is 4.39 Å². The second-order valence-electron chi connectivity index (χ2n) is 6.77. The molecular weight excluding hydrogens is 351 g/mol. The van der Waals surface area contributed by atoms with E-state index < -0.39 is 0 Å². The Labute approximate surface area is 162 Å². The average molecular weight is 372 g/mol. The van der Waals surface area contributed by atoms with Gasteiger partial charge in [-0.3, -0.25) is 0 Å². The summed E-state index contributed by atoms with van der Waals surface area (Å²) in [5, 5.41) is 4.15. The summed E-state index contributed by atoms with van der Waals surface area (Å²) >= 11 is 0. The summed E-state index contributed by atoms with van der Waals surface area (Å²) < 4.78 is 13.4. The molecule has 4 N–H and O–H groups in total. The first-order valence-electron chi connectivity index (χ1n) is 9.08. The molecule has 28 heavy (non-hydrogen) atoms. The summed E-state index contributed by atoms with van der Waals surface area (Å²) in [6, 6.07) is 18.4. The molecule has 0 spiro atoms. The Kier molecular flexibility index (Phi) is 4.91. The van der Waals surface area contributed by atoms with Crippen LogP contribution in [0.25, 0.3) is 22.0 Å². The predicted molar refractivity (Wildman–Crippen MR) is 112 cm³/mol. The second kappa shape index (κ2) is 7.66. The Morgan fingerprint density at radius 2 is 1.96 bits per heavy atom. The van der Waals surface area contributed by atoms with Crippen LogP contribution in [0.5, 0.6) is 0 Å². The van der Waals surface area contributed by atoms with Gasteiger partial charge in [-0.1, -0.05) is 36.9 Å². The molecule has 0 aliphatic heterocycles. The van der Waals surface area contributed by atoms with Crippen LogP contribution in [0.1, 0.15) is 5.56 Å². The molecule has 0 unspecified atom stereocenters. The van der Waals surface area contributed by atoms with E-state index in [2.05, 4.69) is 21.9 Å². The van der Waals surface area contributed by atoms with Crippen LogP contribution in [-0.4, -0.2) is 16.0 Å². The number of hydrogen-bond donors (Lipinski definition) is 3. The molecule has 0 saturated heterocycles. The molecule has 0 aliphatic rings. The van der Waals surface area contributed by atoms with Crippen molar-refractivity contribution in [2.75, 3.05) is 5.32 Å². The highest BCUT2D eigenvalue weighted by Crippen LogP contribution is 2.29. The lowest BCUT2D eigenvalue weighted by Crippen LogP contribution is -2.28. The highest BCUT2D eigenvalue weighted by Gasteiger charge is 2.11. The topological polar surface area (TPSA) is 66.7 Å². The number of nitrogens with two attached hydrogens (primary N) is 1. The first kappa shape index (κ1) is 17.9. The van der Waals surface area contributed by atoms with E-state index in [0.717, 1.165) is 27.6 Å². The van der Waals surface area contributed by atoms with E-state index in [1.807, 2.05) is 48.7 Å². The maximum absolute atomic E-state index is 13.4. The maximum atomic E-state index is 13.4. The van der Waals surface area contributed by atoms with Crippen molar-refractivity contribution in [1.82, 2.24) is 9.97 Å². The standard InChI is InChI=1S/C23H21FN4/c1-15(21(25)11-16-5-3-2-4-6-16)28-23-10-7-17(13-27-23)20-14-26-22-12-18(24)8-9-19(20)22/h2-10,12-14,21,26H,1,11,25H2,(H,27,28)/t21-/m0/s1. The Bertz CT molecular complexity index is 1100. The van der Waals surface area contributed by atoms with E-state index >= 15 is 0 Å². The van der Waals surface area contributed by atoms with Crippen molar-refractivity contribution >= 4 is 16.7 Å². The minimum Gasteiger partial charge on any atom is -0.360 e. The maximum Gasteiger partial charge on any atom is 0.130 e. The molecule has 4 aromatic rings. The Hall–Kier alpha value is -3.44. The molecule has 2 aromatic carbocycles. The largest absolute Gasteiger partial charge is 0.360 e. The van der Waals surface area contributed by atoms with Crippen molar-refractivity contribution in [1.29, 1.82) is 0 Å². The third kappa shape index (κ3) is 3.80. The number of nitrogens with zero attached hydrogens (tertiary/aromatic N) is 1. The molecular formula is C23H21FN4. The molecule has 2 aromatic heterocycles. The third-order valence-electron chi connectivity index (χ3n) is 4.75. The number of fused-ring (bicyclic) bond motifs is 1. The lowest BCUT2D eigenvalue weighted by molar-refractivity contribution is 0.629. The van der Waals surface area contributed by atoms with Gasteiger partial charge in [-0.2, -0.15) is 0 Å². The third-order valence-corrected chi connectivity index (χ3v) is 4.75. The van der Waals surface area contributed by atoms with Gasteiger partial charge in [0.25, 0.3) is 0 Å². The van der Waals surface area contributed by atoms with Gasteiger partial charge < -0.3 is 16.0 Å². The first-order valence-corrected chi connectivity index (χ1v) is 9.08. The van der Waals surface area contributed by atoms with Crippen LogP contribution < -0.4 is 11.1 Å². The van der Waals surface area contributed by atoms with E-state index in [1.54, 1.807) is 12.3 Å². The number of aromatic nitrogens is 2. The van der Waals surface area contributed by atoms with E-state index in [1.165, 1.54) is 12.1 Å². The van der Waals surface area contributed by atoms with E-state index in [-0.39, 0.29) is 11.9 Å². The number of nitrogens with one attached hydrogen (secondary N) is 2. The Balaban J connectivity index is 1.46. The van der Waals surface area contributed by atoms with Crippen LogP contribution in [0.2, 0.25) is 0 Å². The summed E-state index contributed by atoms with van der Waals surface area (Å²) in [4.78, 5) is 7.57. The number of H-pyrrole nitrogens is 1. The SMILES string of the molecule is C=C(Nc1ccc(-c2c[nH]c3cc(F)ccc23)cn1)[C@@H](N)Cc1ccccc1. The van der Waals surface area contributed by atoms with E-state index in [9.17, 15) is 4.39 Å². The van der Waals surface area contributed by atoms with Crippen LogP contribution >= 0.6 is 0 Å². The van der Waals surface area contributed by atoms with Crippen LogP contribution in [0.3, 0.4) is 0 Å². The number of hydrogen-bond acceptors (Lipinski definition) is 3. The number of anilines is 1. The number of aromatic amines is 1. The predicted octanol–water partition coefficient (Wildman–Crippen LogP) is 4.86. The number of rotatable bonds is 6. The summed E-state index contributed by atoms with van der Waals surface area (Å²) in [7, 11) is 0. The Morgan fingerprint density at radius 1 is 1.14 bits per heavy atom. The fourth-order valence-corrected chi connectivity index (χ4v) is 3.21. The average Bonchev–Trinajstić information content (AvgIpc) is 3.12. The van der Waals surface area contributed by atoms with Crippen molar-refractivity contribution in [2.45, 2.75) is 12.5 Å². The van der Waals surface area contributed by atoms with Gasteiger partial charge in [0.1, 0.15) is 11.6 Å². The van der Waals surface area contributed by atoms with Crippen LogP contribution in [0, 0.1) is 5.82 Å². The number of pyridine rings is 1. The fraction of sp³-hybridized carbons (Fsp3) is 0.0870. The number of benzene rings is 2. The highest BCUT2D eigenvalue weighted by molar-refractivity contribution is 5.95. The zero-order valence-corrected chi connectivity index (χ0v) is 15.3. The molecule has 0 aliphatic carbocycles. The normalized spacial score (nSPS) is 12.1. The van der Waals surface area contributed by atoms with Crippen molar-refractivity contribution in [3.8, 4) is 11.1 Å².